The van der Waals surface area contributed by atoms with Crippen LogP contribution in [0.15, 0.2) is 29.0 Å². The van der Waals surface area contributed by atoms with Crippen LogP contribution < -0.4 is 10.1 Å². The maximum atomic E-state index is 13.5. The summed E-state index contributed by atoms with van der Waals surface area (Å²) in [5.41, 5.74) is 0.558. The molecule has 1 N–H and O–H groups in total. The van der Waals surface area contributed by atoms with Gasteiger partial charge in [-0.1, -0.05) is 0 Å². The number of methoxy groups -OCH3 is 1. The molecule has 2 rings (SSSR count). The fraction of sp³-hybridized carbons (Fsp3) is 0.167. The zero-order valence-corrected chi connectivity index (χ0v) is 11.5. The minimum atomic E-state index is -0.564. The zero-order chi connectivity index (χ0) is 13.8. The van der Waals surface area contributed by atoms with Gasteiger partial charge >= 0.3 is 0 Å². The lowest BCUT2D eigenvalue weighted by molar-refractivity contribution is 0.368. The second kappa shape index (κ2) is 5.92. The van der Waals surface area contributed by atoms with Crippen molar-refractivity contribution >= 4 is 21.7 Å². The fourth-order valence-electron chi connectivity index (χ4n) is 1.44. The summed E-state index contributed by atoms with van der Waals surface area (Å²) >= 11 is 3.11. The average Bonchev–Trinajstić information content (AvgIpc) is 2.38. The molecular formula is C12H10BrF2N3O. The number of anilines is 1. The molecule has 0 aromatic carbocycles. The molecule has 7 heteroatoms. The van der Waals surface area contributed by atoms with Gasteiger partial charge in [-0.2, -0.15) is 0 Å². The zero-order valence-electron chi connectivity index (χ0n) is 9.95. The molecule has 0 unspecified atom stereocenters. The molecule has 0 fully saturated rings. The minimum Gasteiger partial charge on any atom is -0.479 e. The van der Waals surface area contributed by atoms with Crippen LogP contribution in [-0.4, -0.2) is 17.1 Å². The quantitative estimate of drug-likeness (QED) is 0.936. The SMILES string of the molecule is COc1ncc(CNc2ncc(Br)cc2F)cc1F. The molecule has 0 aliphatic heterocycles. The second-order valence-corrected chi connectivity index (χ2v) is 4.59. The number of nitrogens with zero attached hydrogens (tertiary/aromatic N) is 2. The Morgan fingerprint density at radius 2 is 2.00 bits per heavy atom. The number of halogens is 3. The van der Waals surface area contributed by atoms with Gasteiger partial charge in [-0.05, 0) is 33.6 Å². The van der Waals surface area contributed by atoms with Crippen LogP contribution in [0.1, 0.15) is 5.56 Å². The highest BCUT2D eigenvalue weighted by atomic mass is 79.9. The van der Waals surface area contributed by atoms with Crippen molar-refractivity contribution in [1.82, 2.24) is 9.97 Å². The van der Waals surface area contributed by atoms with Gasteiger partial charge in [-0.3, -0.25) is 0 Å². The molecule has 0 atom stereocenters. The van der Waals surface area contributed by atoms with Gasteiger partial charge in [0, 0.05) is 23.4 Å². The first-order valence-corrected chi connectivity index (χ1v) is 6.13. The van der Waals surface area contributed by atoms with Crippen molar-refractivity contribution in [3.8, 4) is 5.88 Å². The number of rotatable bonds is 4. The van der Waals surface area contributed by atoms with E-state index in [4.69, 9.17) is 4.74 Å². The van der Waals surface area contributed by atoms with Gasteiger partial charge in [-0.15, -0.1) is 0 Å². The number of hydrogen-bond donors (Lipinski definition) is 1. The average molecular weight is 330 g/mol. The third kappa shape index (κ3) is 3.37. The van der Waals surface area contributed by atoms with Crippen LogP contribution in [0.2, 0.25) is 0 Å². The highest BCUT2D eigenvalue weighted by molar-refractivity contribution is 9.10. The number of hydrogen-bond acceptors (Lipinski definition) is 4. The summed E-state index contributed by atoms with van der Waals surface area (Å²) < 4.78 is 32.1. The molecule has 0 bridgehead atoms. The Bertz CT molecular complexity index is 595. The monoisotopic (exact) mass is 329 g/mol. The molecule has 100 valence electrons. The summed E-state index contributed by atoms with van der Waals surface area (Å²) in [6.07, 6.45) is 2.92. The van der Waals surface area contributed by atoms with Gasteiger partial charge < -0.3 is 10.1 Å². The molecule has 2 heterocycles. The molecule has 0 aliphatic rings. The van der Waals surface area contributed by atoms with Gasteiger partial charge in [0.15, 0.2) is 17.5 Å². The predicted octanol–water partition coefficient (Wildman–Crippen LogP) is 3.14. The van der Waals surface area contributed by atoms with Crippen LogP contribution in [-0.2, 0) is 6.54 Å². The van der Waals surface area contributed by atoms with E-state index in [9.17, 15) is 8.78 Å². The molecule has 0 amide bonds. The topological polar surface area (TPSA) is 47.0 Å². The van der Waals surface area contributed by atoms with Crippen LogP contribution >= 0.6 is 15.9 Å². The first kappa shape index (κ1) is 13.7. The molecular weight excluding hydrogens is 320 g/mol. The van der Waals surface area contributed by atoms with E-state index in [0.29, 0.717) is 10.0 Å². The van der Waals surface area contributed by atoms with Crippen molar-refractivity contribution in [2.45, 2.75) is 6.54 Å². The molecule has 0 radical (unpaired) electrons. The van der Waals surface area contributed by atoms with Crippen molar-refractivity contribution in [2.75, 3.05) is 12.4 Å². The van der Waals surface area contributed by atoms with Crippen molar-refractivity contribution in [2.24, 2.45) is 0 Å². The normalized spacial score (nSPS) is 10.3. The van der Waals surface area contributed by atoms with E-state index in [-0.39, 0.29) is 18.2 Å². The van der Waals surface area contributed by atoms with Crippen LogP contribution in [0.4, 0.5) is 14.6 Å². The van der Waals surface area contributed by atoms with Gasteiger partial charge in [0.1, 0.15) is 0 Å². The van der Waals surface area contributed by atoms with Crippen LogP contribution in [0.3, 0.4) is 0 Å². The lowest BCUT2D eigenvalue weighted by Crippen LogP contribution is -2.05. The van der Waals surface area contributed by atoms with Crippen molar-refractivity contribution in [3.05, 3.63) is 46.2 Å². The van der Waals surface area contributed by atoms with Gasteiger partial charge in [-0.25, -0.2) is 18.7 Å². The maximum Gasteiger partial charge on any atom is 0.250 e. The Morgan fingerprint density at radius 3 is 2.63 bits per heavy atom. The highest BCUT2D eigenvalue weighted by Gasteiger charge is 2.07. The van der Waals surface area contributed by atoms with Crippen LogP contribution in [0.5, 0.6) is 5.88 Å². The fourth-order valence-corrected chi connectivity index (χ4v) is 1.75. The Labute approximate surface area is 117 Å². The molecule has 2 aromatic rings. The van der Waals surface area contributed by atoms with E-state index in [2.05, 4.69) is 31.2 Å². The minimum absolute atomic E-state index is 0.0725. The van der Waals surface area contributed by atoms with E-state index in [0.717, 1.165) is 0 Å². The van der Waals surface area contributed by atoms with E-state index >= 15 is 0 Å². The summed E-state index contributed by atoms with van der Waals surface area (Å²) in [5, 5.41) is 2.77. The maximum absolute atomic E-state index is 13.5. The second-order valence-electron chi connectivity index (χ2n) is 3.67. The van der Waals surface area contributed by atoms with E-state index in [1.165, 1.54) is 31.6 Å². The predicted molar refractivity (Wildman–Crippen MR) is 70.0 cm³/mol. The number of ether oxygens (including phenoxy) is 1. The van der Waals surface area contributed by atoms with E-state index in [1.807, 2.05) is 0 Å². The summed E-state index contributed by atoms with van der Waals surface area (Å²) in [6.45, 7) is 0.208. The summed E-state index contributed by atoms with van der Waals surface area (Å²) in [7, 11) is 1.34. The first-order chi connectivity index (χ1) is 9.10. The molecule has 4 nitrogen and oxygen atoms in total. The summed E-state index contributed by atoms with van der Waals surface area (Å²) in [5.74, 6) is -1.03. The first-order valence-electron chi connectivity index (χ1n) is 5.33. The smallest absolute Gasteiger partial charge is 0.250 e. The third-order valence-corrected chi connectivity index (χ3v) is 2.76. The third-order valence-electron chi connectivity index (χ3n) is 2.33. The Hall–Kier alpha value is -1.76. The molecule has 2 aromatic heterocycles. The van der Waals surface area contributed by atoms with Crippen molar-refractivity contribution in [3.63, 3.8) is 0 Å². The molecule has 0 spiro atoms. The summed E-state index contributed by atoms with van der Waals surface area (Å²) in [4.78, 5) is 7.66. The largest absolute Gasteiger partial charge is 0.479 e. The van der Waals surface area contributed by atoms with E-state index in [1.54, 1.807) is 0 Å². The van der Waals surface area contributed by atoms with E-state index < -0.39 is 11.6 Å². The Balaban J connectivity index is 2.08. The lowest BCUT2D eigenvalue weighted by atomic mass is 10.2. The van der Waals surface area contributed by atoms with Gasteiger partial charge in [0.25, 0.3) is 0 Å². The molecule has 0 saturated heterocycles. The number of pyridine rings is 2. The number of aromatic nitrogens is 2. The van der Waals surface area contributed by atoms with Gasteiger partial charge in [0.05, 0.1) is 7.11 Å². The Morgan fingerprint density at radius 1 is 1.21 bits per heavy atom. The van der Waals surface area contributed by atoms with Crippen molar-refractivity contribution in [1.29, 1.82) is 0 Å². The van der Waals surface area contributed by atoms with Crippen molar-refractivity contribution < 1.29 is 13.5 Å². The standard InChI is InChI=1S/C12H10BrF2N3O/c1-19-12-10(15)2-7(5-18-12)4-16-11-9(14)3-8(13)6-17-11/h2-3,5-6H,4H2,1H3,(H,16,17). The molecule has 0 aliphatic carbocycles. The van der Waals surface area contributed by atoms with Crippen LogP contribution in [0.25, 0.3) is 0 Å². The molecule has 19 heavy (non-hydrogen) atoms. The highest BCUT2D eigenvalue weighted by Crippen LogP contribution is 2.18. The Kier molecular flexibility index (Phi) is 4.26. The van der Waals surface area contributed by atoms with Gasteiger partial charge in [0.2, 0.25) is 5.88 Å². The summed E-state index contributed by atoms with van der Waals surface area (Å²) in [6, 6.07) is 2.57. The number of nitrogens with one attached hydrogen (secondary N) is 1. The lowest BCUT2D eigenvalue weighted by Gasteiger charge is -2.07. The van der Waals surface area contributed by atoms with Crippen LogP contribution in [0, 0.1) is 11.6 Å². The molecule has 0 saturated carbocycles.